The van der Waals surface area contributed by atoms with Crippen molar-refractivity contribution in [2.45, 2.75) is 78.0 Å². The standard InChI is InChI=1S/C23H31N5O4/c1-13(2)12-26-21-16(7-10-18(29)27-14(3)5-6-15(27)4)11-24-28(21)23(32)19(22(26)31)20(30)25-17-8-9-17/h7,10-11,13-15,17,31H,5-6,8-9,12H2,1-4H3,(H,25,30)/b10-7+. The number of aromatic hydroxyl groups is 1. The first-order valence-corrected chi connectivity index (χ1v) is 11.3. The number of likely N-dealkylation sites (tertiary alicyclic amines) is 1. The lowest BCUT2D eigenvalue weighted by Gasteiger charge is -2.24. The molecule has 0 radical (unpaired) electrons. The van der Waals surface area contributed by atoms with Crippen LogP contribution < -0.4 is 10.9 Å². The van der Waals surface area contributed by atoms with Crippen LogP contribution >= 0.6 is 0 Å². The molecule has 2 fully saturated rings. The van der Waals surface area contributed by atoms with E-state index in [4.69, 9.17) is 0 Å². The second-order valence-corrected chi connectivity index (χ2v) is 9.45. The first-order valence-electron chi connectivity index (χ1n) is 11.3. The maximum Gasteiger partial charge on any atom is 0.291 e. The highest BCUT2D eigenvalue weighted by Crippen LogP contribution is 2.26. The van der Waals surface area contributed by atoms with Crippen LogP contribution in [0.15, 0.2) is 17.1 Å². The van der Waals surface area contributed by atoms with E-state index in [0.29, 0.717) is 17.8 Å². The highest BCUT2D eigenvalue weighted by Gasteiger charge is 2.31. The van der Waals surface area contributed by atoms with Crippen molar-refractivity contribution in [3.8, 4) is 5.88 Å². The number of hydrogen-bond acceptors (Lipinski definition) is 5. The van der Waals surface area contributed by atoms with Crippen LogP contribution in [0.5, 0.6) is 5.88 Å². The second-order valence-electron chi connectivity index (χ2n) is 9.45. The SMILES string of the molecule is CC(C)Cn1c(O)c(C(=O)NC2CC2)c(=O)n2ncc(/C=C/C(=O)N3C(C)CCC3C)c12. The van der Waals surface area contributed by atoms with Gasteiger partial charge in [0.2, 0.25) is 11.8 Å². The van der Waals surface area contributed by atoms with Crippen LogP contribution in [-0.4, -0.2) is 54.1 Å². The van der Waals surface area contributed by atoms with Crippen LogP contribution in [-0.2, 0) is 11.3 Å². The van der Waals surface area contributed by atoms with Crippen molar-refractivity contribution >= 4 is 23.5 Å². The molecule has 9 nitrogen and oxygen atoms in total. The molecule has 0 spiro atoms. The summed E-state index contributed by atoms with van der Waals surface area (Å²) >= 11 is 0. The number of nitrogens with one attached hydrogen (secondary N) is 1. The fraction of sp³-hybridized carbons (Fsp3) is 0.565. The Morgan fingerprint density at radius 2 is 1.88 bits per heavy atom. The Morgan fingerprint density at radius 3 is 2.47 bits per heavy atom. The Bertz CT molecular complexity index is 1130. The van der Waals surface area contributed by atoms with E-state index in [1.807, 2.05) is 32.6 Å². The zero-order valence-corrected chi connectivity index (χ0v) is 19.0. The largest absolute Gasteiger partial charge is 0.494 e. The molecule has 4 rings (SSSR count). The minimum atomic E-state index is -0.677. The summed E-state index contributed by atoms with van der Waals surface area (Å²) in [6.07, 6.45) is 8.29. The summed E-state index contributed by atoms with van der Waals surface area (Å²) in [4.78, 5) is 40.4. The molecule has 32 heavy (non-hydrogen) atoms. The van der Waals surface area contributed by atoms with E-state index < -0.39 is 11.5 Å². The summed E-state index contributed by atoms with van der Waals surface area (Å²) in [6, 6.07) is 0.413. The maximum absolute atomic E-state index is 13.0. The average molecular weight is 442 g/mol. The van der Waals surface area contributed by atoms with Crippen molar-refractivity contribution in [3.63, 3.8) is 0 Å². The van der Waals surface area contributed by atoms with Gasteiger partial charge in [0.05, 0.1) is 6.20 Å². The molecule has 172 valence electrons. The highest BCUT2D eigenvalue weighted by atomic mass is 16.3. The third kappa shape index (κ3) is 4.03. The van der Waals surface area contributed by atoms with Crippen molar-refractivity contribution in [3.05, 3.63) is 33.8 Å². The number of rotatable bonds is 6. The number of nitrogens with zero attached hydrogens (tertiary/aromatic N) is 4. The summed E-state index contributed by atoms with van der Waals surface area (Å²) in [5, 5.41) is 17.9. The molecule has 1 aliphatic carbocycles. The van der Waals surface area contributed by atoms with Gasteiger partial charge in [-0.15, -0.1) is 0 Å². The Balaban J connectivity index is 1.77. The monoisotopic (exact) mass is 441 g/mol. The highest BCUT2D eigenvalue weighted by molar-refractivity contribution is 5.97. The van der Waals surface area contributed by atoms with Crippen molar-refractivity contribution in [1.29, 1.82) is 0 Å². The Morgan fingerprint density at radius 1 is 1.22 bits per heavy atom. The summed E-state index contributed by atoms with van der Waals surface area (Å²) in [5.41, 5.74) is -0.0984. The maximum atomic E-state index is 13.0. The molecule has 2 aromatic heterocycles. The van der Waals surface area contributed by atoms with Crippen LogP contribution in [0.4, 0.5) is 0 Å². The van der Waals surface area contributed by atoms with Gasteiger partial charge in [-0.05, 0) is 51.5 Å². The number of amides is 2. The normalized spacial score (nSPS) is 21.2. The van der Waals surface area contributed by atoms with E-state index in [2.05, 4.69) is 10.4 Å². The Labute approximate surface area is 186 Å². The topological polar surface area (TPSA) is 109 Å². The Kier molecular flexibility index (Phi) is 5.83. The molecule has 1 saturated carbocycles. The van der Waals surface area contributed by atoms with Crippen LogP contribution in [0.25, 0.3) is 11.7 Å². The first kappa shape index (κ1) is 22.1. The van der Waals surface area contributed by atoms with Gasteiger partial charge in [-0.25, -0.2) is 0 Å². The first-order chi connectivity index (χ1) is 15.2. The van der Waals surface area contributed by atoms with E-state index in [-0.39, 0.29) is 41.4 Å². The van der Waals surface area contributed by atoms with E-state index in [1.54, 1.807) is 6.08 Å². The number of fused-ring (bicyclic) bond motifs is 1. The van der Waals surface area contributed by atoms with Gasteiger partial charge in [-0.3, -0.25) is 19.0 Å². The predicted molar refractivity (Wildman–Crippen MR) is 120 cm³/mol. The molecular weight excluding hydrogens is 410 g/mol. The number of carbonyl (C=O) groups is 2. The quantitative estimate of drug-likeness (QED) is 0.668. The van der Waals surface area contributed by atoms with Crippen molar-refractivity contribution in [2.24, 2.45) is 5.92 Å². The van der Waals surface area contributed by atoms with Crippen LogP contribution in [0.1, 0.15) is 69.3 Å². The number of hydrogen-bond donors (Lipinski definition) is 2. The zero-order chi connectivity index (χ0) is 23.2. The summed E-state index contributed by atoms with van der Waals surface area (Å²) < 4.78 is 2.67. The lowest BCUT2D eigenvalue weighted by Crippen LogP contribution is -2.37. The van der Waals surface area contributed by atoms with Crippen LogP contribution in [0.3, 0.4) is 0 Å². The average Bonchev–Trinajstić information content (AvgIpc) is 3.32. The minimum Gasteiger partial charge on any atom is -0.494 e. The van der Waals surface area contributed by atoms with Gasteiger partial charge < -0.3 is 15.3 Å². The molecular formula is C23H31N5O4. The molecule has 2 atom stereocenters. The molecule has 9 heteroatoms. The van der Waals surface area contributed by atoms with Gasteiger partial charge in [0.1, 0.15) is 5.65 Å². The molecule has 0 aromatic carbocycles. The van der Waals surface area contributed by atoms with E-state index in [1.165, 1.54) is 16.8 Å². The summed E-state index contributed by atoms with van der Waals surface area (Å²) in [6.45, 7) is 8.40. The molecule has 1 saturated heterocycles. The molecule has 2 amide bonds. The third-order valence-corrected chi connectivity index (χ3v) is 6.21. The van der Waals surface area contributed by atoms with Crippen LogP contribution in [0, 0.1) is 5.92 Å². The molecule has 2 aliphatic rings. The van der Waals surface area contributed by atoms with Gasteiger partial charge in [0.15, 0.2) is 5.56 Å². The number of carbonyl (C=O) groups excluding carboxylic acids is 2. The van der Waals surface area contributed by atoms with Crippen LogP contribution in [0.2, 0.25) is 0 Å². The molecule has 0 bridgehead atoms. The molecule has 2 unspecified atom stereocenters. The summed E-state index contributed by atoms with van der Waals surface area (Å²) in [5.74, 6) is -0.928. The van der Waals surface area contributed by atoms with E-state index in [9.17, 15) is 19.5 Å². The molecule has 1 aliphatic heterocycles. The predicted octanol–water partition coefficient (Wildman–Crippen LogP) is 2.16. The van der Waals surface area contributed by atoms with Crippen molar-refractivity contribution in [1.82, 2.24) is 24.4 Å². The van der Waals surface area contributed by atoms with E-state index in [0.717, 1.165) is 30.2 Å². The molecule has 2 N–H and O–H groups in total. The van der Waals surface area contributed by atoms with Gasteiger partial charge in [0, 0.05) is 36.3 Å². The third-order valence-electron chi connectivity index (χ3n) is 6.21. The zero-order valence-electron chi connectivity index (χ0n) is 19.0. The lowest BCUT2D eigenvalue weighted by atomic mass is 10.2. The fourth-order valence-corrected chi connectivity index (χ4v) is 4.43. The summed E-state index contributed by atoms with van der Waals surface area (Å²) in [7, 11) is 0. The van der Waals surface area contributed by atoms with Crippen molar-refractivity contribution < 1.29 is 14.7 Å². The smallest absolute Gasteiger partial charge is 0.291 e. The molecule has 2 aromatic rings. The van der Waals surface area contributed by atoms with Gasteiger partial charge in [-0.1, -0.05) is 13.8 Å². The lowest BCUT2D eigenvalue weighted by molar-refractivity contribution is -0.128. The Hall–Kier alpha value is -3.10. The van der Waals surface area contributed by atoms with Gasteiger partial charge in [-0.2, -0.15) is 9.61 Å². The number of aromatic nitrogens is 3. The van der Waals surface area contributed by atoms with Gasteiger partial charge >= 0.3 is 0 Å². The second kappa shape index (κ2) is 8.44. The van der Waals surface area contributed by atoms with Crippen molar-refractivity contribution in [2.75, 3.05) is 0 Å². The van der Waals surface area contributed by atoms with Gasteiger partial charge in [0.25, 0.3) is 11.5 Å². The minimum absolute atomic E-state index is 0.0491. The molecule has 3 heterocycles. The fourth-order valence-electron chi connectivity index (χ4n) is 4.43. The van der Waals surface area contributed by atoms with E-state index >= 15 is 0 Å².